The standard InChI is InChI=1S/C6H5N3O2/c7-4-2-8-6-3(5(4)10)1-9-11-6/h1-2H,7H2,(H,8,10). The zero-order chi connectivity index (χ0) is 7.84. The van der Waals surface area contributed by atoms with E-state index in [2.05, 4.69) is 10.1 Å². The quantitative estimate of drug-likeness (QED) is 0.559. The second-order valence-electron chi connectivity index (χ2n) is 2.14. The van der Waals surface area contributed by atoms with E-state index in [1.807, 2.05) is 0 Å². The molecule has 0 aliphatic heterocycles. The summed E-state index contributed by atoms with van der Waals surface area (Å²) in [6.45, 7) is 0. The van der Waals surface area contributed by atoms with Crippen LogP contribution in [-0.2, 0) is 0 Å². The molecule has 2 aromatic heterocycles. The Balaban J connectivity index is 3.05. The molecule has 0 atom stereocenters. The number of H-pyrrole nitrogens is 1. The van der Waals surface area contributed by atoms with Crippen molar-refractivity contribution in [2.45, 2.75) is 0 Å². The molecule has 3 N–H and O–H groups in total. The largest absolute Gasteiger partial charge is 0.394 e. The molecule has 2 rings (SSSR count). The van der Waals surface area contributed by atoms with Crippen LogP contribution in [0.15, 0.2) is 21.7 Å². The number of pyridine rings is 1. The van der Waals surface area contributed by atoms with Gasteiger partial charge in [0.05, 0.1) is 11.9 Å². The first-order valence-electron chi connectivity index (χ1n) is 3.00. The molecule has 0 unspecified atom stereocenters. The summed E-state index contributed by atoms with van der Waals surface area (Å²) < 4.78 is 4.69. The molecule has 0 saturated carbocycles. The fourth-order valence-corrected chi connectivity index (χ4v) is 0.870. The SMILES string of the molecule is Nc1c[nH]c2oncc2c1=O. The summed E-state index contributed by atoms with van der Waals surface area (Å²) >= 11 is 0. The number of hydrogen-bond donors (Lipinski definition) is 2. The predicted molar refractivity (Wildman–Crippen MR) is 39.0 cm³/mol. The van der Waals surface area contributed by atoms with Gasteiger partial charge in [0.25, 0.3) is 0 Å². The Morgan fingerprint density at radius 1 is 1.64 bits per heavy atom. The van der Waals surface area contributed by atoms with Gasteiger partial charge in [-0.05, 0) is 0 Å². The normalized spacial score (nSPS) is 10.5. The first kappa shape index (κ1) is 5.96. The molecule has 0 saturated heterocycles. The molecular formula is C6H5N3O2. The minimum absolute atomic E-state index is 0.167. The Hall–Kier alpha value is -1.78. The maximum Gasteiger partial charge on any atom is 0.239 e. The van der Waals surface area contributed by atoms with Crippen LogP contribution in [0.3, 0.4) is 0 Å². The summed E-state index contributed by atoms with van der Waals surface area (Å²) in [6.07, 6.45) is 2.72. The van der Waals surface area contributed by atoms with Gasteiger partial charge < -0.3 is 15.2 Å². The molecule has 0 spiro atoms. The van der Waals surface area contributed by atoms with Crippen molar-refractivity contribution in [1.29, 1.82) is 0 Å². The second kappa shape index (κ2) is 1.85. The molecule has 0 fully saturated rings. The molecule has 0 aromatic carbocycles. The van der Waals surface area contributed by atoms with Crippen LogP contribution in [0.2, 0.25) is 0 Å². The van der Waals surface area contributed by atoms with Crippen LogP contribution in [0.4, 0.5) is 5.69 Å². The van der Waals surface area contributed by atoms with E-state index in [1.165, 1.54) is 12.4 Å². The van der Waals surface area contributed by atoms with Crippen molar-refractivity contribution in [3.8, 4) is 0 Å². The first-order chi connectivity index (χ1) is 5.29. The highest BCUT2D eigenvalue weighted by atomic mass is 16.5. The van der Waals surface area contributed by atoms with Gasteiger partial charge in [0.2, 0.25) is 11.1 Å². The highest BCUT2D eigenvalue weighted by Crippen LogP contribution is 2.05. The lowest BCUT2D eigenvalue weighted by Crippen LogP contribution is -2.07. The number of fused-ring (bicyclic) bond motifs is 1. The van der Waals surface area contributed by atoms with Gasteiger partial charge in [-0.25, -0.2) is 0 Å². The van der Waals surface area contributed by atoms with Gasteiger partial charge in [-0.2, -0.15) is 0 Å². The zero-order valence-electron chi connectivity index (χ0n) is 5.50. The van der Waals surface area contributed by atoms with Gasteiger partial charge in [-0.1, -0.05) is 5.16 Å². The molecule has 0 aliphatic carbocycles. The number of nitrogens with two attached hydrogens (primary N) is 1. The van der Waals surface area contributed by atoms with Gasteiger partial charge in [0, 0.05) is 6.20 Å². The van der Waals surface area contributed by atoms with Gasteiger partial charge in [-0.15, -0.1) is 0 Å². The van der Waals surface area contributed by atoms with Gasteiger partial charge in [-0.3, -0.25) is 4.79 Å². The van der Waals surface area contributed by atoms with Gasteiger partial charge in [0.1, 0.15) is 5.39 Å². The molecule has 0 bridgehead atoms. The zero-order valence-corrected chi connectivity index (χ0v) is 5.50. The lowest BCUT2D eigenvalue weighted by Gasteiger charge is -1.88. The maximum absolute atomic E-state index is 11.1. The lowest BCUT2D eigenvalue weighted by atomic mass is 10.3. The third-order valence-electron chi connectivity index (χ3n) is 1.44. The Bertz CT molecular complexity index is 442. The highest BCUT2D eigenvalue weighted by Gasteiger charge is 2.04. The number of nitrogens with zero attached hydrogens (tertiary/aromatic N) is 1. The average molecular weight is 151 g/mol. The van der Waals surface area contributed by atoms with Crippen LogP contribution in [0.5, 0.6) is 0 Å². The predicted octanol–water partition coefficient (Wildman–Crippen LogP) is 0.0983. The number of aromatic nitrogens is 2. The number of nitrogen functional groups attached to an aromatic ring is 1. The molecule has 2 aromatic rings. The lowest BCUT2D eigenvalue weighted by molar-refractivity contribution is 0.448. The summed E-state index contributed by atoms with van der Waals surface area (Å²) in [5, 5.41) is 3.82. The van der Waals surface area contributed by atoms with Crippen LogP contribution in [0.25, 0.3) is 11.1 Å². The monoisotopic (exact) mass is 151 g/mol. The third-order valence-corrected chi connectivity index (χ3v) is 1.44. The van der Waals surface area contributed by atoms with Crippen molar-refractivity contribution in [3.63, 3.8) is 0 Å². The third kappa shape index (κ3) is 0.706. The van der Waals surface area contributed by atoms with E-state index in [1.54, 1.807) is 0 Å². The van der Waals surface area contributed by atoms with Crippen molar-refractivity contribution < 1.29 is 4.52 Å². The second-order valence-corrected chi connectivity index (χ2v) is 2.14. The summed E-state index contributed by atoms with van der Waals surface area (Å²) in [7, 11) is 0. The van der Waals surface area contributed by atoms with E-state index in [0.717, 1.165) is 0 Å². The minimum Gasteiger partial charge on any atom is -0.394 e. The van der Waals surface area contributed by atoms with Crippen molar-refractivity contribution in [2.75, 3.05) is 5.73 Å². The van der Waals surface area contributed by atoms with Crippen LogP contribution in [0, 0.1) is 0 Å². The topological polar surface area (TPSA) is 84.9 Å². The number of nitrogens with one attached hydrogen (secondary N) is 1. The van der Waals surface area contributed by atoms with Crippen LogP contribution in [0.1, 0.15) is 0 Å². The molecule has 0 aliphatic rings. The van der Waals surface area contributed by atoms with E-state index in [9.17, 15) is 4.79 Å². The first-order valence-corrected chi connectivity index (χ1v) is 3.00. The molecule has 56 valence electrons. The fraction of sp³-hybridized carbons (Fsp3) is 0. The maximum atomic E-state index is 11.1. The van der Waals surface area contributed by atoms with Crippen molar-refractivity contribution in [1.82, 2.24) is 10.1 Å². The van der Waals surface area contributed by atoms with E-state index in [-0.39, 0.29) is 11.1 Å². The number of aromatic amines is 1. The van der Waals surface area contributed by atoms with Crippen LogP contribution in [-0.4, -0.2) is 10.1 Å². The molecular weight excluding hydrogens is 146 g/mol. The highest BCUT2D eigenvalue weighted by molar-refractivity contribution is 5.74. The Labute approximate surface area is 60.8 Å². The molecule has 11 heavy (non-hydrogen) atoms. The smallest absolute Gasteiger partial charge is 0.239 e. The van der Waals surface area contributed by atoms with E-state index in [0.29, 0.717) is 11.1 Å². The molecule has 0 amide bonds. The summed E-state index contributed by atoms with van der Waals surface area (Å²) in [4.78, 5) is 13.8. The van der Waals surface area contributed by atoms with Gasteiger partial charge >= 0.3 is 0 Å². The van der Waals surface area contributed by atoms with E-state index < -0.39 is 0 Å². The Morgan fingerprint density at radius 3 is 3.27 bits per heavy atom. The van der Waals surface area contributed by atoms with Crippen molar-refractivity contribution in [2.24, 2.45) is 0 Å². The molecule has 5 heteroatoms. The molecule has 5 nitrogen and oxygen atoms in total. The van der Waals surface area contributed by atoms with Crippen LogP contribution >= 0.6 is 0 Å². The Kier molecular flexibility index (Phi) is 1.00. The molecule has 0 radical (unpaired) electrons. The van der Waals surface area contributed by atoms with E-state index in [4.69, 9.17) is 10.3 Å². The van der Waals surface area contributed by atoms with Crippen molar-refractivity contribution >= 4 is 16.8 Å². The van der Waals surface area contributed by atoms with Crippen LogP contribution < -0.4 is 11.2 Å². The number of hydrogen-bond acceptors (Lipinski definition) is 4. The summed E-state index contributed by atoms with van der Waals surface area (Å²) in [5.41, 5.74) is 5.60. The minimum atomic E-state index is -0.250. The fourth-order valence-electron chi connectivity index (χ4n) is 0.870. The average Bonchev–Trinajstić information content (AvgIpc) is 2.45. The summed E-state index contributed by atoms with van der Waals surface area (Å²) in [5.74, 6) is 0. The number of rotatable bonds is 0. The number of anilines is 1. The van der Waals surface area contributed by atoms with Gasteiger partial charge in [0.15, 0.2) is 0 Å². The Morgan fingerprint density at radius 2 is 2.45 bits per heavy atom. The molecule has 2 heterocycles. The summed E-state index contributed by atoms with van der Waals surface area (Å²) in [6, 6.07) is 0. The van der Waals surface area contributed by atoms with E-state index >= 15 is 0 Å². The van der Waals surface area contributed by atoms with Crippen molar-refractivity contribution in [3.05, 3.63) is 22.6 Å².